The Labute approximate surface area is 155 Å². The van der Waals surface area contributed by atoms with Gasteiger partial charge >= 0.3 is 0 Å². The van der Waals surface area contributed by atoms with Crippen LogP contribution in [0, 0.1) is 0 Å². The number of sulfonamides is 1. The number of anilines is 2. The van der Waals surface area contributed by atoms with Crippen LogP contribution in [-0.4, -0.2) is 28.9 Å². The summed E-state index contributed by atoms with van der Waals surface area (Å²) < 4.78 is 29.8. The maximum absolute atomic E-state index is 12.8. The van der Waals surface area contributed by atoms with Crippen molar-refractivity contribution in [2.24, 2.45) is 0 Å². The zero-order chi connectivity index (χ0) is 18.6. The maximum atomic E-state index is 12.8. The lowest BCUT2D eigenvalue weighted by Gasteiger charge is -2.21. The molecule has 9 heteroatoms. The van der Waals surface area contributed by atoms with Crippen molar-refractivity contribution in [2.45, 2.75) is 36.0 Å². The molecule has 0 unspecified atom stereocenters. The van der Waals surface area contributed by atoms with Crippen molar-refractivity contribution < 1.29 is 13.2 Å². The molecule has 0 radical (unpaired) electrons. The summed E-state index contributed by atoms with van der Waals surface area (Å²) in [5.41, 5.74) is 2.16. The predicted molar refractivity (Wildman–Crippen MR) is 99.0 cm³/mol. The number of benzene rings is 1. The van der Waals surface area contributed by atoms with E-state index in [0.29, 0.717) is 11.3 Å². The fourth-order valence-electron chi connectivity index (χ4n) is 4.13. The monoisotopic (exact) mass is 383 g/mol. The number of rotatable bonds is 3. The summed E-state index contributed by atoms with van der Waals surface area (Å²) in [6.45, 7) is 0. The molecule has 3 heterocycles. The smallest absolute Gasteiger partial charge is 0.263 e. The number of nitrogens with zero attached hydrogens (tertiary/aromatic N) is 3. The van der Waals surface area contributed by atoms with Gasteiger partial charge in [0, 0.05) is 17.6 Å². The predicted octanol–water partition coefficient (Wildman–Crippen LogP) is 2.29. The van der Waals surface area contributed by atoms with Gasteiger partial charge in [-0.3, -0.25) is 13.9 Å². The molecule has 1 amide bonds. The quantitative estimate of drug-likeness (QED) is 0.722. The Balaban J connectivity index is 1.51. The van der Waals surface area contributed by atoms with E-state index in [2.05, 4.69) is 20.2 Å². The molecule has 138 valence electrons. The highest BCUT2D eigenvalue weighted by molar-refractivity contribution is 7.92. The standard InChI is InChI=1S/C18H17N5O3S/c24-17-18(7-1-2-8-18)14-9-12(3-5-15(14)20-17)22-27(25,26)13-4-6-16-21-19-11-23(16)10-13/h3-6,9-11,22H,1-2,7-8H2,(H,20,24). The lowest BCUT2D eigenvalue weighted by atomic mass is 9.80. The summed E-state index contributed by atoms with van der Waals surface area (Å²) >= 11 is 0. The molecular formula is C18H17N5O3S. The third-order valence-electron chi connectivity index (χ3n) is 5.50. The van der Waals surface area contributed by atoms with Gasteiger partial charge in [-0.25, -0.2) is 8.42 Å². The molecule has 3 aromatic rings. The fraction of sp³-hybridized carbons (Fsp3) is 0.278. The minimum atomic E-state index is -3.78. The molecule has 1 saturated carbocycles. The van der Waals surface area contributed by atoms with Crippen LogP contribution in [0.2, 0.25) is 0 Å². The first-order valence-corrected chi connectivity index (χ1v) is 10.2. The van der Waals surface area contributed by atoms with Gasteiger partial charge in [0.15, 0.2) is 5.65 Å². The second-order valence-corrected chi connectivity index (χ2v) is 8.75. The largest absolute Gasteiger partial charge is 0.325 e. The third-order valence-corrected chi connectivity index (χ3v) is 6.87. The average Bonchev–Trinajstić information content (AvgIpc) is 3.36. The summed E-state index contributed by atoms with van der Waals surface area (Å²) in [7, 11) is -3.78. The molecule has 0 atom stereocenters. The van der Waals surface area contributed by atoms with E-state index in [-0.39, 0.29) is 10.8 Å². The van der Waals surface area contributed by atoms with Gasteiger partial charge in [0.2, 0.25) is 5.91 Å². The van der Waals surface area contributed by atoms with Crippen molar-refractivity contribution in [3.63, 3.8) is 0 Å². The van der Waals surface area contributed by atoms with Crippen LogP contribution in [0.1, 0.15) is 31.2 Å². The lowest BCUT2D eigenvalue weighted by molar-refractivity contribution is -0.120. The van der Waals surface area contributed by atoms with Crippen LogP contribution in [0.4, 0.5) is 11.4 Å². The van der Waals surface area contributed by atoms with Crippen LogP contribution in [0.15, 0.2) is 47.8 Å². The molecule has 5 rings (SSSR count). The Bertz CT molecular complexity index is 1180. The Morgan fingerprint density at radius 2 is 1.96 bits per heavy atom. The van der Waals surface area contributed by atoms with Crippen LogP contribution in [0.3, 0.4) is 0 Å². The first kappa shape index (κ1) is 16.2. The van der Waals surface area contributed by atoms with Crippen molar-refractivity contribution in [1.29, 1.82) is 0 Å². The summed E-state index contributed by atoms with van der Waals surface area (Å²) in [6, 6.07) is 8.31. The normalized spacial score (nSPS) is 18.0. The Morgan fingerprint density at radius 1 is 1.15 bits per heavy atom. The zero-order valence-corrected chi connectivity index (χ0v) is 15.2. The molecule has 0 saturated heterocycles. The van der Waals surface area contributed by atoms with E-state index in [1.165, 1.54) is 18.6 Å². The average molecular weight is 383 g/mol. The van der Waals surface area contributed by atoms with Crippen LogP contribution < -0.4 is 10.0 Å². The van der Waals surface area contributed by atoms with Gasteiger partial charge in [-0.15, -0.1) is 10.2 Å². The van der Waals surface area contributed by atoms with E-state index in [4.69, 9.17) is 0 Å². The number of amides is 1. The van der Waals surface area contributed by atoms with E-state index >= 15 is 0 Å². The highest BCUT2D eigenvalue weighted by Crippen LogP contribution is 2.49. The molecule has 2 aliphatic rings. The first-order valence-electron chi connectivity index (χ1n) is 8.76. The summed E-state index contributed by atoms with van der Waals surface area (Å²) in [5.74, 6) is 0.0214. The molecule has 1 aliphatic heterocycles. The van der Waals surface area contributed by atoms with Crippen molar-refractivity contribution >= 4 is 33.0 Å². The molecule has 27 heavy (non-hydrogen) atoms. The molecule has 1 aromatic carbocycles. The molecule has 2 N–H and O–H groups in total. The van der Waals surface area contributed by atoms with Crippen LogP contribution in [0.5, 0.6) is 0 Å². The highest BCUT2D eigenvalue weighted by atomic mass is 32.2. The molecule has 2 aromatic heterocycles. The van der Waals surface area contributed by atoms with Crippen molar-refractivity contribution in [2.75, 3.05) is 10.0 Å². The van der Waals surface area contributed by atoms with E-state index in [9.17, 15) is 13.2 Å². The van der Waals surface area contributed by atoms with Gasteiger partial charge in [0.25, 0.3) is 10.0 Å². The molecule has 8 nitrogen and oxygen atoms in total. The van der Waals surface area contributed by atoms with Gasteiger partial charge in [-0.1, -0.05) is 12.8 Å². The van der Waals surface area contributed by atoms with Crippen LogP contribution >= 0.6 is 0 Å². The number of pyridine rings is 1. The van der Waals surface area contributed by atoms with E-state index in [0.717, 1.165) is 36.9 Å². The number of fused-ring (bicyclic) bond motifs is 3. The zero-order valence-electron chi connectivity index (χ0n) is 14.3. The molecule has 0 bridgehead atoms. The molecule has 1 aliphatic carbocycles. The Hall–Kier alpha value is -2.94. The van der Waals surface area contributed by atoms with Gasteiger partial charge in [0.1, 0.15) is 11.2 Å². The Morgan fingerprint density at radius 3 is 2.78 bits per heavy atom. The van der Waals surface area contributed by atoms with Gasteiger partial charge in [0.05, 0.1) is 5.41 Å². The topological polar surface area (TPSA) is 105 Å². The van der Waals surface area contributed by atoms with Crippen molar-refractivity contribution in [1.82, 2.24) is 14.6 Å². The van der Waals surface area contributed by atoms with Crippen molar-refractivity contribution in [3.05, 3.63) is 48.4 Å². The second-order valence-electron chi connectivity index (χ2n) is 7.07. The SMILES string of the molecule is O=C1Nc2ccc(NS(=O)(=O)c3ccc4nncn4c3)cc2C12CCCC2. The lowest BCUT2D eigenvalue weighted by Crippen LogP contribution is -2.31. The number of nitrogens with one attached hydrogen (secondary N) is 2. The number of hydrogen-bond donors (Lipinski definition) is 2. The molecular weight excluding hydrogens is 366 g/mol. The van der Waals surface area contributed by atoms with E-state index in [1.807, 2.05) is 0 Å². The minimum Gasteiger partial charge on any atom is -0.325 e. The van der Waals surface area contributed by atoms with E-state index in [1.54, 1.807) is 28.7 Å². The minimum absolute atomic E-state index is 0.0214. The number of carbonyl (C=O) groups excluding carboxylic acids is 1. The number of carbonyl (C=O) groups is 1. The first-order chi connectivity index (χ1) is 13.0. The third kappa shape index (κ3) is 2.42. The van der Waals surface area contributed by atoms with Gasteiger partial charge < -0.3 is 5.32 Å². The van der Waals surface area contributed by atoms with Crippen LogP contribution in [-0.2, 0) is 20.2 Å². The fourth-order valence-corrected chi connectivity index (χ4v) is 5.19. The Kier molecular flexibility index (Phi) is 3.33. The van der Waals surface area contributed by atoms with Crippen molar-refractivity contribution in [3.8, 4) is 0 Å². The van der Waals surface area contributed by atoms with Gasteiger partial charge in [-0.05, 0) is 48.7 Å². The summed E-state index contributed by atoms with van der Waals surface area (Å²) in [4.78, 5) is 12.6. The number of aromatic nitrogens is 3. The second kappa shape index (κ2) is 5.53. The highest BCUT2D eigenvalue weighted by Gasteiger charge is 2.48. The summed E-state index contributed by atoms with van der Waals surface area (Å²) in [5, 5.41) is 10.6. The van der Waals surface area contributed by atoms with E-state index < -0.39 is 15.4 Å². The molecule has 1 spiro atoms. The van der Waals surface area contributed by atoms with Crippen LogP contribution in [0.25, 0.3) is 5.65 Å². The summed E-state index contributed by atoms with van der Waals surface area (Å²) in [6.07, 6.45) is 6.52. The number of hydrogen-bond acceptors (Lipinski definition) is 5. The van der Waals surface area contributed by atoms with Gasteiger partial charge in [-0.2, -0.15) is 0 Å². The maximum Gasteiger partial charge on any atom is 0.263 e. The molecule has 1 fully saturated rings.